The predicted octanol–water partition coefficient (Wildman–Crippen LogP) is 3.03. The monoisotopic (exact) mass is 270 g/mol. The number of halogens is 1. The molecule has 1 unspecified atom stereocenters. The van der Waals surface area contributed by atoms with Crippen molar-refractivity contribution >= 4 is 23.4 Å². The summed E-state index contributed by atoms with van der Waals surface area (Å²) in [6, 6.07) is 0. The summed E-state index contributed by atoms with van der Waals surface area (Å²) in [5.74, 6) is -0.947. The van der Waals surface area contributed by atoms with E-state index in [-0.39, 0.29) is 24.2 Å². The van der Waals surface area contributed by atoms with E-state index < -0.39 is 11.3 Å². The lowest BCUT2D eigenvalue weighted by atomic mass is 9.79. The van der Waals surface area contributed by atoms with Crippen molar-refractivity contribution in [2.75, 3.05) is 6.61 Å². The van der Waals surface area contributed by atoms with Gasteiger partial charge in [-0.1, -0.05) is 32.1 Å². The molecule has 1 aliphatic carbocycles. The van der Waals surface area contributed by atoms with Crippen LogP contribution >= 0.6 is 11.6 Å². The average Bonchev–Trinajstić information content (AvgIpc) is 2.81. The van der Waals surface area contributed by atoms with E-state index >= 15 is 0 Å². The quantitative estimate of drug-likeness (QED) is 0.423. The summed E-state index contributed by atoms with van der Waals surface area (Å²) in [6.45, 7) is 5.86. The molecule has 0 radical (unpaired) electrons. The van der Waals surface area contributed by atoms with Crippen molar-refractivity contribution in [2.45, 2.75) is 39.0 Å². The fraction of sp³-hybridized carbons (Fsp3) is 0.571. The van der Waals surface area contributed by atoms with Gasteiger partial charge in [0.25, 0.3) is 0 Å². The van der Waals surface area contributed by atoms with Gasteiger partial charge in [0.05, 0.1) is 6.61 Å². The minimum atomic E-state index is -1.20. The van der Waals surface area contributed by atoms with Crippen LogP contribution in [0.15, 0.2) is 23.8 Å². The predicted molar refractivity (Wildman–Crippen MR) is 71.5 cm³/mol. The Bertz CT molecular complexity index is 394. The Morgan fingerprint density at radius 3 is 2.67 bits per heavy atom. The number of allylic oxidation sites excluding steroid dienone is 4. The Morgan fingerprint density at radius 1 is 1.50 bits per heavy atom. The first-order valence-corrected chi connectivity index (χ1v) is 6.52. The van der Waals surface area contributed by atoms with Gasteiger partial charge >= 0.3 is 5.97 Å². The van der Waals surface area contributed by atoms with Gasteiger partial charge < -0.3 is 4.74 Å². The fourth-order valence-corrected chi connectivity index (χ4v) is 2.07. The molecule has 4 heteroatoms. The molecule has 1 rings (SSSR count). The first-order chi connectivity index (χ1) is 8.38. The summed E-state index contributed by atoms with van der Waals surface area (Å²) in [7, 11) is 0. The number of hydrogen-bond acceptors (Lipinski definition) is 3. The van der Waals surface area contributed by atoms with Crippen molar-refractivity contribution in [3.8, 4) is 0 Å². The standard InChI is InChI=1S/C14H19ClO3/c1-4-18-13(17)12(15)11(16)9-14(2,3)10-7-5-6-8-10/h5,7-8,12H,4,6,9H2,1-3H3. The van der Waals surface area contributed by atoms with Gasteiger partial charge in [-0.15, -0.1) is 11.6 Å². The van der Waals surface area contributed by atoms with E-state index in [1.165, 1.54) is 0 Å². The fourth-order valence-electron chi connectivity index (χ4n) is 1.93. The van der Waals surface area contributed by atoms with Crippen LogP contribution < -0.4 is 0 Å². The molecule has 0 bridgehead atoms. The highest BCUT2D eigenvalue weighted by molar-refractivity contribution is 6.41. The van der Waals surface area contributed by atoms with Crippen molar-refractivity contribution in [3.63, 3.8) is 0 Å². The Labute approximate surface area is 113 Å². The summed E-state index contributed by atoms with van der Waals surface area (Å²) in [5.41, 5.74) is 0.813. The molecule has 3 nitrogen and oxygen atoms in total. The average molecular weight is 271 g/mol. The van der Waals surface area contributed by atoms with E-state index in [4.69, 9.17) is 16.3 Å². The molecule has 100 valence electrons. The van der Waals surface area contributed by atoms with Crippen LogP contribution in [0.5, 0.6) is 0 Å². The molecule has 0 amide bonds. The zero-order valence-electron chi connectivity index (χ0n) is 11.0. The van der Waals surface area contributed by atoms with Gasteiger partial charge in [0.2, 0.25) is 0 Å². The van der Waals surface area contributed by atoms with Crippen molar-refractivity contribution in [1.29, 1.82) is 0 Å². The molecular formula is C14H19ClO3. The van der Waals surface area contributed by atoms with Crippen molar-refractivity contribution in [2.24, 2.45) is 5.41 Å². The number of esters is 1. The molecule has 0 aliphatic heterocycles. The SMILES string of the molecule is CCOC(=O)C(Cl)C(=O)CC(C)(C)C1=CCC=C1. The zero-order chi connectivity index (χ0) is 13.8. The second-order valence-corrected chi connectivity index (χ2v) is 5.38. The van der Waals surface area contributed by atoms with E-state index in [1.807, 2.05) is 26.0 Å². The Morgan fingerprint density at radius 2 is 2.17 bits per heavy atom. The molecule has 0 aromatic heterocycles. The van der Waals surface area contributed by atoms with Crippen LogP contribution in [0.25, 0.3) is 0 Å². The molecule has 0 aromatic rings. The summed E-state index contributed by atoms with van der Waals surface area (Å²) in [4.78, 5) is 23.3. The maximum Gasteiger partial charge on any atom is 0.331 e. The Kier molecular flexibility index (Phi) is 5.15. The third-order valence-electron chi connectivity index (χ3n) is 2.95. The Hall–Kier alpha value is -1.09. The molecule has 0 aromatic carbocycles. The van der Waals surface area contributed by atoms with Gasteiger partial charge in [-0.25, -0.2) is 4.79 Å². The zero-order valence-corrected chi connectivity index (χ0v) is 11.8. The first kappa shape index (κ1) is 15.0. The Balaban J connectivity index is 2.63. The van der Waals surface area contributed by atoms with Gasteiger partial charge in [-0.2, -0.15) is 0 Å². The molecule has 0 fully saturated rings. The molecule has 1 aliphatic rings. The number of hydrogen-bond donors (Lipinski definition) is 0. The van der Waals surface area contributed by atoms with Crippen molar-refractivity contribution in [1.82, 2.24) is 0 Å². The molecule has 0 spiro atoms. The van der Waals surface area contributed by atoms with E-state index in [0.29, 0.717) is 0 Å². The highest BCUT2D eigenvalue weighted by atomic mass is 35.5. The van der Waals surface area contributed by atoms with Crippen LogP contribution in [0.4, 0.5) is 0 Å². The lowest BCUT2D eigenvalue weighted by Crippen LogP contribution is -2.31. The molecule has 0 saturated carbocycles. The van der Waals surface area contributed by atoms with Crippen LogP contribution in [0.3, 0.4) is 0 Å². The summed E-state index contributed by atoms with van der Waals surface area (Å²) >= 11 is 5.81. The van der Waals surface area contributed by atoms with E-state index in [0.717, 1.165) is 12.0 Å². The minimum Gasteiger partial charge on any atom is -0.465 e. The maximum absolute atomic E-state index is 11.9. The third kappa shape index (κ3) is 3.70. The van der Waals surface area contributed by atoms with E-state index in [1.54, 1.807) is 6.92 Å². The van der Waals surface area contributed by atoms with Crippen molar-refractivity contribution < 1.29 is 14.3 Å². The van der Waals surface area contributed by atoms with Crippen molar-refractivity contribution in [3.05, 3.63) is 23.8 Å². The molecule has 18 heavy (non-hydrogen) atoms. The van der Waals surface area contributed by atoms with Crippen LogP contribution in [0, 0.1) is 5.41 Å². The smallest absolute Gasteiger partial charge is 0.331 e. The number of carbonyl (C=O) groups excluding carboxylic acids is 2. The normalized spacial score (nSPS) is 16.3. The molecule has 1 atom stereocenters. The first-order valence-electron chi connectivity index (χ1n) is 6.09. The second kappa shape index (κ2) is 6.19. The summed E-state index contributed by atoms with van der Waals surface area (Å²) < 4.78 is 4.74. The van der Waals surface area contributed by atoms with Gasteiger partial charge in [-0.3, -0.25) is 4.79 Å². The molecular weight excluding hydrogens is 252 g/mol. The van der Waals surface area contributed by atoms with Gasteiger partial charge in [-0.05, 0) is 24.3 Å². The van der Waals surface area contributed by atoms with Gasteiger partial charge in [0.15, 0.2) is 11.2 Å². The van der Waals surface area contributed by atoms with Crippen LogP contribution in [-0.4, -0.2) is 23.7 Å². The van der Waals surface area contributed by atoms with Gasteiger partial charge in [0, 0.05) is 6.42 Å². The summed E-state index contributed by atoms with van der Waals surface area (Å²) in [6.07, 6.45) is 7.28. The van der Waals surface area contributed by atoms with Crippen LogP contribution in [0.2, 0.25) is 0 Å². The van der Waals surface area contributed by atoms with Gasteiger partial charge in [0.1, 0.15) is 0 Å². The summed E-state index contributed by atoms with van der Waals surface area (Å²) in [5, 5.41) is -1.20. The lowest BCUT2D eigenvalue weighted by molar-refractivity contribution is -0.145. The molecule has 0 heterocycles. The molecule has 0 N–H and O–H groups in total. The van der Waals surface area contributed by atoms with Crippen LogP contribution in [0.1, 0.15) is 33.6 Å². The number of ketones is 1. The van der Waals surface area contributed by atoms with E-state index in [9.17, 15) is 9.59 Å². The largest absolute Gasteiger partial charge is 0.465 e. The topological polar surface area (TPSA) is 43.4 Å². The number of alkyl halides is 1. The number of carbonyl (C=O) groups is 2. The maximum atomic E-state index is 11.9. The van der Waals surface area contributed by atoms with Crippen LogP contribution in [-0.2, 0) is 14.3 Å². The number of Topliss-reactive ketones (excluding diaryl/α,β-unsaturated/α-hetero) is 1. The van der Waals surface area contributed by atoms with E-state index in [2.05, 4.69) is 6.08 Å². The number of ether oxygens (including phenoxy) is 1. The lowest BCUT2D eigenvalue weighted by Gasteiger charge is -2.25. The molecule has 0 saturated heterocycles. The number of rotatable bonds is 6. The highest BCUT2D eigenvalue weighted by Crippen LogP contribution is 2.35. The third-order valence-corrected chi connectivity index (χ3v) is 3.37. The minimum absolute atomic E-state index is 0.229. The second-order valence-electron chi connectivity index (χ2n) is 4.94. The highest BCUT2D eigenvalue weighted by Gasteiger charge is 2.32.